The maximum atomic E-state index is 11.6. The summed E-state index contributed by atoms with van der Waals surface area (Å²) in [7, 11) is 0. The third-order valence-corrected chi connectivity index (χ3v) is 2.19. The molecule has 0 aromatic carbocycles. The maximum absolute atomic E-state index is 11.6. The largest absolute Gasteiger partial charge is 0.444 e. The number of ether oxygens (including phenoxy) is 2. The lowest BCUT2D eigenvalue weighted by atomic mass is 10.0. The number of alkyl carbamates (subject to hydrolysis) is 1. The zero-order chi connectivity index (χ0) is 12.2. The third-order valence-electron chi connectivity index (χ3n) is 2.19. The first-order chi connectivity index (χ1) is 7.38. The molecule has 1 amide bonds. The van der Waals surface area contributed by atoms with Gasteiger partial charge in [-0.2, -0.15) is 0 Å². The molecule has 0 aromatic heterocycles. The molecule has 0 saturated carbocycles. The van der Waals surface area contributed by atoms with Crippen molar-refractivity contribution >= 4 is 11.9 Å². The molecule has 92 valence electrons. The fourth-order valence-corrected chi connectivity index (χ4v) is 1.41. The molecule has 0 aromatic rings. The van der Waals surface area contributed by atoms with Crippen molar-refractivity contribution in [3.05, 3.63) is 0 Å². The van der Waals surface area contributed by atoms with Gasteiger partial charge in [-0.3, -0.25) is 4.79 Å². The molecule has 0 aliphatic carbocycles. The van der Waals surface area contributed by atoms with Crippen LogP contribution in [0.5, 0.6) is 0 Å². The molecule has 1 aliphatic heterocycles. The molecule has 0 bridgehead atoms. The van der Waals surface area contributed by atoms with Crippen LogP contribution < -0.4 is 5.32 Å². The fourth-order valence-electron chi connectivity index (χ4n) is 1.41. The number of carbonyl (C=O) groups is 2. The Balaban J connectivity index is 2.23. The molecule has 1 aliphatic rings. The van der Waals surface area contributed by atoms with E-state index in [4.69, 9.17) is 9.47 Å². The molecule has 1 atom stereocenters. The molecule has 5 heteroatoms. The molecule has 1 N–H and O–H groups in total. The predicted molar refractivity (Wildman–Crippen MR) is 58.2 cm³/mol. The van der Waals surface area contributed by atoms with Crippen LogP contribution in [0.25, 0.3) is 0 Å². The van der Waals surface area contributed by atoms with Gasteiger partial charge in [0.25, 0.3) is 0 Å². The Bertz CT molecular complexity index is 264. The minimum Gasteiger partial charge on any atom is -0.444 e. The summed E-state index contributed by atoms with van der Waals surface area (Å²) in [6.45, 7) is 6.44. The molecule has 0 radical (unpaired) electrons. The Morgan fingerprint density at radius 1 is 1.44 bits per heavy atom. The predicted octanol–water partition coefficient (Wildman–Crippen LogP) is 1.12. The van der Waals surface area contributed by atoms with Gasteiger partial charge in [0, 0.05) is 12.5 Å². The Morgan fingerprint density at radius 2 is 2.12 bits per heavy atom. The first-order valence-electron chi connectivity index (χ1n) is 5.46. The van der Waals surface area contributed by atoms with Crippen LogP contribution in [0.3, 0.4) is 0 Å². The number of carbonyl (C=O) groups excluding carboxylic acids is 2. The molecule has 16 heavy (non-hydrogen) atoms. The second-order valence-electron chi connectivity index (χ2n) is 4.88. The summed E-state index contributed by atoms with van der Waals surface area (Å²) in [6, 6.07) is 0. The molecule has 1 saturated heterocycles. The maximum Gasteiger partial charge on any atom is 0.408 e. The van der Waals surface area contributed by atoms with Gasteiger partial charge in [0.1, 0.15) is 5.60 Å². The molecule has 0 unspecified atom stereocenters. The Kier molecular flexibility index (Phi) is 4.29. The van der Waals surface area contributed by atoms with Crippen LogP contribution in [0.1, 0.15) is 27.2 Å². The van der Waals surface area contributed by atoms with Crippen molar-refractivity contribution in [2.24, 2.45) is 5.92 Å². The Morgan fingerprint density at radius 3 is 2.62 bits per heavy atom. The van der Waals surface area contributed by atoms with E-state index in [-0.39, 0.29) is 18.2 Å². The molecule has 0 spiro atoms. The quantitative estimate of drug-likeness (QED) is 0.787. The molecule has 1 fully saturated rings. The van der Waals surface area contributed by atoms with E-state index in [2.05, 4.69) is 5.32 Å². The number of rotatable bonds is 3. The standard InChI is InChI=1S/C11H19NO4/c1-11(2,3)16-10(14)12-6-9(13)8-4-5-15-7-8/h8H,4-7H2,1-3H3,(H,12,14)/t8-/m1/s1. The number of Topliss-reactive ketones (excluding diaryl/α,β-unsaturated/α-hetero) is 1. The van der Waals surface area contributed by atoms with Gasteiger partial charge in [-0.15, -0.1) is 0 Å². The number of amides is 1. The van der Waals surface area contributed by atoms with E-state index in [1.54, 1.807) is 20.8 Å². The van der Waals surface area contributed by atoms with E-state index >= 15 is 0 Å². The summed E-state index contributed by atoms with van der Waals surface area (Å²) in [5.74, 6) is -0.0710. The van der Waals surface area contributed by atoms with Crippen molar-refractivity contribution < 1.29 is 19.1 Å². The average molecular weight is 229 g/mol. The van der Waals surface area contributed by atoms with Crippen LogP contribution >= 0.6 is 0 Å². The van der Waals surface area contributed by atoms with E-state index in [0.717, 1.165) is 6.42 Å². The molecule has 5 nitrogen and oxygen atoms in total. The number of ketones is 1. The molecular formula is C11H19NO4. The lowest BCUT2D eigenvalue weighted by molar-refractivity contribution is -0.122. The lowest BCUT2D eigenvalue weighted by Gasteiger charge is -2.19. The van der Waals surface area contributed by atoms with Crippen LogP contribution in [0, 0.1) is 5.92 Å². The van der Waals surface area contributed by atoms with Gasteiger partial charge >= 0.3 is 6.09 Å². The molecule has 1 heterocycles. The lowest BCUT2D eigenvalue weighted by Crippen LogP contribution is -2.37. The van der Waals surface area contributed by atoms with E-state index < -0.39 is 11.7 Å². The van der Waals surface area contributed by atoms with Gasteiger partial charge in [0.2, 0.25) is 0 Å². The Hall–Kier alpha value is -1.10. The van der Waals surface area contributed by atoms with Gasteiger partial charge in [0.05, 0.1) is 13.2 Å². The van der Waals surface area contributed by atoms with Crippen molar-refractivity contribution in [2.75, 3.05) is 19.8 Å². The number of nitrogens with one attached hydrogen (secondary N) is 1. The highest BCUT2D eigenvalue weighted by Gasteiger charge is 2.24. The van der Waals surface area contributed by atoms with Gasteiger partial charge in [0.15, 0.2) is 5.78 Å². The summed E-state index contributed by atoms with van der Waals surface area (Å²) in [5, 5.41) is 2.45. The van der Waals surface area contributed by atoms with Crippen LogP contribution in [0.2, 0.25) is 0 Å². The second kappa shape index (κ2) is 5.30. The van der Waals surface area contributed by atoms with Crippen LogP contribution in [-0.4, -0.2) is 37.2 Å². The van der Waals surface area contributed by atoms with Crippen molar-refractivity contribution in [1.82, 2.24) is 5.32 Å². The normalized spacial score (nSPS) is 20.6. The summed E-state index contributed by atoms with van der Waals surface area (Å²) in [5.41, 5.74) is -0.538. The van der Waals surface area contributed by atoms with Crippen molar-refractivity contribution in [1.29, 1.82) is 0 Å². The van der Waals surface area contributed by atoms with Gasteiger partial charge in [-0.25, -0.2) is 4.79 Å². The highest BCUT2D eigenvalue weighted by Crippen LogP contribution is 2.13. The number of hydrogen-bond acceptors (Lipinski definition) is 4. The smallest absolute Gasteiger partial charge is 0.408 e. The monoisotopic (exact) mass is 229 g/mol. The van der Waals surface area contributed by atoms with E-state index in [9.17, 15) is 9.59 Å². The van der Waals surface area contributed by atoms with E-state index in [1.807, 2.05) is 0 Å². The average Bonchev–Trinajstić information content (AvgIpc) is 2.64. The van der Waals surface area contributed by atoms with Crippen LogP contribution in [0.4, 0.5) is 4.79 Å². The fraction of sp³-hybridized carbons (Fsp3) is 0.818. The summed E-state index contributed by atoms with van der Waals surface area (Å²) in [6.07, 6.45) is 0.189. The second-order valence-corrected chi connectivity index (χ2v) is 4.88. The third kappa shape index (κ3) is 4.61. The zero-order valence-corrected chi connectivity index (χ0v) is 10.0. The first kappa shape index (κ1) is 13.0. The van der Waals surface area contributed by atoms with Gasteiger partial charge in [-0.05, 0) is 27.2 Å². The van der Waals surface area contributed by atoms with Crippen LogP contribution in [0.15, 0.2) is 0 Å². The molecule has 1 rings (SSSR count). The topological polar surface area (TPSA) is 64.6 Å². The summed E-state index contributed by atoms with van der Waals surface area (Å²) >= 11 is 0. The zero-order valence-electron chi connectivity index (χ0n) is 10.0. The minimum absolute atomic E-state index is 0.00311. The number of hydrogen-bond donors (Lipinski definition) is 1. The van der Waals surface area contributed by atoms with Crippen molar-refractivity contribution in [3.63, 3.8) is 0 Å². The minimum atomic E-state index is -0.556. The first-order valence-corrected chi connectivity index (χ1v) is 5.46. The summed E-state index contributed by atoms with van der Waals surface area (Å²) < 4.78 is 10.1. The highest BCUT2D eigenvalue weighted by molar-refractivity contribution is 5.86. The van der Waals surface area contributed by atoms with E-state index in [1.165, 1.54) is 0 Å². The van der Waals surface area contributed by atoms with Crippen molar-refractivity contribution in [3.8, 4) is 0 Å². The summed E-state index contributed by atoms with van der Waals surface area (Å²) in [4.78, 5) is 22.8. The van der Waals surface area contributed by atoms with Gasteiger partial charge in [-0.1, -0.05) is 0 Å². The molecular weight excluding hydrogens is 210 g/mol. The SMILES string of the molecule is CC(C)(C)OC(=O)NCC(=O)[C@@H]1CCOC1. The van der Waals surface area contributed by atoms with Crippen molar-refractivity contribution in [2.45, 2.75) is 32.8 Å². The Labute approximate surface area is 95.5 Å². The van der Waals surface area contributed by atoms with Crippen LogP contribution in [-0.2, 0) is 14.3 Å². The van der Waals surface area contributed by atoms with E-state index in [0.29, 0.717) is 13.2 Å². The van der Waals surface area contributed by atoms with Gasteiger partial charge < -0.3 is 14.8 Å². The highest BCUT2D eigenvalue weighted by atomic mass is 16.6.